The highest BCUT2D eigenvalue weighted by atomic mass is 31.0. The van der Waals surface area contributed by atoms with Gasteiger partial charge in [0.15, 0.2) is 0 Å². The van der Waals surface area contributed by atoms with Crippen molar-refractivity contribution in [2.75, 3.05) is 0 Å². The molecular formula is C33H46NP. The summed E-state index contributed by atoms with van der Waals surface area (Å²) in [5, 5.41) is 1.36. The van der Waals surface area contributed by atoms with Gasteiger partial charge in [0, 0.05) is 19.8 Å². The van der Waals surface area contributed by atoms with E-state index in [9.17, 15) is 0 Å². The fourth-order valence-electron chi connectivity index (χ4n) is 5.08. The first-order valence-electron chi connectivity index (χ1n) is 13.3. The predicted octanol–water partition coefficient (Wildman–Crippen LogP) is 11.0. The largest absolute Gasteiger partial charge is 0.235 e. The third-order valence-corrected chi connectivity index (χ3v) is 7.89. The van der Waals surface area contributed by atoms with Crippen LogP contribution in [-0.4, -0.2) is 4.75 Å². The van der Waals surface area contributed by atoms with Gasteiger partial charge in [-0.25, -0.2) is 4.75 Å². The molecule has 0 amide bonds. The molecule has 0 N–H and O–H groups in total. The number of hydrogen-bond acceptors (Lipinski definition) is 1. The summed E-state index contributed by atoms with van der Waals surface area (Å²) in [6.45, 7) is 27.9. The van der Waals surface area contributed by atoms with Crippen LogP contribution in [0.15, 0.2) is 42.6 Å². The van der Waals surface area contributed by atoms with E-state index in [1.807, 2.05) is 0 Å². The lowest BCUT2D eigenvalue weighted by atomic mass is 9.74. The minimum absolute atomic E-state index is 0.0216. The van der Waals surface area contributed by atoms with Gasteiger partial charge in [-0.2, -0.15) is 0 Å². The summed E-state index contributed by atoms with van der Waals surface area (Å²) in [6.07, 6.45) is 2.13. The van der Waals surface area contributed by atoms with E-state index in [4.69, 9.17) is 4.75 Å². The Balaban J connectivity index is 2.48. The molecule has 0 spiro atoms. The number of nitrogens with zero attached hydrogens (tertiary/aromatic N) is 1. The molecule has 0 saturated heterocycles. The first kappa shape index (κ1) is 27.6. The molecular weight excluding hydrogens is 441 g/mol. The lowest BCUT2D eigenvalue weighted by molar-refractivity contribution is 0.531. The van der Waals surface area contributed by atoms with Gasteiger partial charge in [0.25, 0.3) is 0 Å². The first-order valence-corrected chi connectivity index (χ1v) is 14.1. The van der Waals surface area contributed by atoms with Crippen molar-refractivity contribution in [2.45, 2.75) is 112 Å². The van der Waals surface area contributed by atoms with Crippen molar-refractivity contribution in [3.05, 3.63) is 70.4 Å². The Morgan fingerprint density at radius 1 is 0.686 bits per heavy atom. The molecule has 3 rings (SSSR count). The third-order valence-electron chi connectivity index (χ3n) is 6.99. The Kier molecular flexibility index (Phi) is 8.03. The summed E-state index contributed by atoms with van der Waals surface area (Å²) in [5.41, 5.74) is 11.3. The standard InChI is InChI=1S/C33H46NP/c1-20(2)23-17-26(21(3)4)29(27(18-23)22(5)6)24-15-13-14-16-25(24)31-30(33(10,11)12)28(19-34-35-31)32(7,8)9/h13-22H,1-12H3. The Morgan fingerprint density at radius 2 is 1.20 bits per heavy atom. The second-order valence-corrected chi connectivity index (χ2v) is 13.9. The average molecular weight is 488 g/mol. The van der Waals surface area contributed by atoms with Gasteiger partial charge in [-0.3, -0.25) is 0 Å². The molecule has 2 heteroatoms. The van der Waals surface area contributed by atoms with Crippen LogP contribution in [0.25, 0.3) is 22.0 Å². The SMILES string of the molecule is CC(C)c1cc(C(C)C)c(-c2ccccc2-c2pncc(C(C)(C)C)c2C(C)(C)C)c(C(C)C)c1. The van der Waals surface area contributed by atoms with Crippen molar-refractivity contribution < 1.29 is 0 Å². The molecule has 1 nitrogen and oxygen atoms in total. The topological polar surface area (TPSA) is 12.9 Å². The van der Waals surface area contributed by atoms with Crippen LogP contribution in [0.1, 0.15) is 129 Å². The van der Waals surface area contributed by atoms with E-state index < -0.39 is 0 Å². The molecule has 0 aliphatic carbocycles. The van der Waals surface area contributed by atoms with E-state index in [2.05, 4.69) is 126 Å². The molecule has 1 heterocycles. The predicted molar refractivity (Wildman–Crippen MR) is 157 cm³/mol. The molecule has 0 bridgehead atoms. The highest BCUT2D eigenvalue weighted by molar-refractivity contribution is 7.29. The molecule has 0 radical (unpaired) electrons. The molecule has 1 aromatic heterocycles. The number of rotatable bonds is 5. The minimum atomic E-state index is 0.0216. The van der Waals surface area contributed by atoms with E-state index >= 15 is 0 Å². The summed E-state index contributed by atoms with van der Waals surface area (Å²) in [5.74, 6) is 1.41. The quantitative estimate of drug-likeness (QED) is 0.349. The molecule has 2 aromatic carbocycles. The molecule has 35 heavy (non-hydrogen) atoms. The van der Waals surface area contributed by atoms with Crippen LogP contribution in [0, 0.1) is 0 Å². The van der Waals surface area contributed by atoms with Crippen molar-refractivity contribution in [1.82, 2.24) is 4.75 Å². The van der Waals surface area contributed by atoms with Crippen molar-refractivity contribution >= 4 is 8.35 Å². The molecule has 0 aliphatic rings. The summed E-state index contributed by atoms with van der Waals surface area (Å²) in [7, 11) is 1.04. The lowest BCUT2D eigenvalue weighted by Gasteiger charge is -2.32. The molecule has 0 unspecified atom stereocenters. The van der Waals surface area contributed by atoms with Gasteiger partial charge in [-0.15, -0.1) is 0 Å². The Morgan fingerprint density at radius 3 is 1.63 bits per heavy atom. The molecule has 0 fully saturated rings. The maximum absolute atomic E-state index is 4.89. The molecule has 0 atom stereocenters. The van der Waals surface area contributed by atoms with E-state index in [0.29, 0.717) is 17.8 Å². The molecule has 0 saturated carbocycles. The van der Waals surface area contributed by atoms with Gasteiger partial charge in [-0.1, -0.05) is 119 Å². The van der Waals surface area contributed by atoms with Gasteiger partial charge in [-0.05, 0) is 73.1 Å². The zero-order valence-electron chi connectivity index (χ0n) is 24.2. The van der Waals surface area contributed by atoms with E-state index in [0.717, 1.165) is 8.35 Å². The van der Waals surface area contributed by atoms with Crippen molar-refractivity contribution in [1.29, 1.82) is 0 Å². The second kappa shape index (κ2) is 10.2. The average Bonchev–Trinajstić information content (AvgIpc) is 2.76. The van der Waals surface area contributed by atoms with E-state index in [1.165, 1.54) is 49.8 Å². The zero-order valence-corrected chi connectivity index (χ0v) is 25.1. The van der Waals surface area contributed by atoms with Crippen LogP contribution in [0.4, 0.5) is 0 Å². The van der Waals surface area contributed by atoms with E-state index in [-0.39, 0.29) is 10.8 Å². The Hall–Kier alpha value is -1.98. The number of benzene rings is 2. The summed E-state index contributed by atoms with van der Waals surface area (Å²) < 4.78 is 4.89. The van der Waals surface area contributed by atoms with Crippen molar-refractivity contribution in [2.24, 2.45) is 0 Å². The molecule has 188 valence electrons. The van der Waals surface area contributed by atoms with Gasteiger partial charge in [0.05, 0.1) is 0 Å². The minimum Gasteiger partial charge on any atom is -0.235 e. The third kappa shape index (κ3) is 5.72. The fourth-order valence-corrected chi connectivity index (χ4v) is 6.22. The zero-order chi connectivity index (χ0) is 26.3. The molecule has 3 aromatic rings. The van der Waals surface area contributed by atoms with E-state index in [1.54, 1.807) is 0 Å². The van der Waals surface area contributed by atoms with Crippen LogP contribution in [0.2, 0.25) is 0 Å². The van der Waals surface area contributed by atoms with Crippen LogP contribution >= 0.6 is 8.35 Å². The van der Waals surface area contributed by atoms with Gasteiger partial charge >= 0.3 is 0 Å². The van der Waals surface area contributed by atoms with Gasteiger partial charge in [0.2, 0.25) is 0 Å². The number of aromatic nitrogens is 1. The monoisotopic (exact) mass is 487 g/mol. The number of hydrogen-bond donors (Lipinski definition) is 0. The fraction of sp³-hybridized carbons (Fsp3) is 0.515. The maximum Gasteiger partial charge on any atom is 0.0462 e. The Labute approximate surface area is 217 Å². The molecule has 0 aliphatic heterocycles. The van der Waals surface area contributed by atoms with Crippen LogP contribution in [0.5, 0.6) is 0 Å². The highest BCUT2D eigenvalue weighted by Crippen LogP contribution is 2.48. The van der Waals surface area contributed by atoms with Crippen LogP contribution < -0.4 is 0 Å². The van der Waals surface area contributed by atoms with Crippen LogP contribution in [-0.2, 0) is 10.8 Å². The summed E-state index contributed by atoms with van der Waals surface area (Å²) >= 11 is 0. The smallest absolute Gasteiger partial charge is 0.0462 e. The highest BCUT2D eigenvalue weighted by Gasteiger charge is 2.30. The van der Waals surface area contributed by atoms with Gasteiger partial charge < -0.3 is 0 Å². The van der Waals surface area contributed by atoms with Crippen molar-refractivity contribution in [3.63, 3.8) is 0 Å². The Bertz CT molecular complexity index is 1160. The summed E-state index contributed by atoms with van der Waals surface area (Å²) in [6, 6.07) is 14.0. The lowest BCUT2D eigenvalue weighted by Crippen LogP contribution is -2.23. The summed E-state index contributed by atoms with van der Waals surface area (Å²) in [4.78, 5) is 0. The second-order valence-electron chi connectivity index (χ2n) is 13.1. The van der Waals surface area contributed by atoms with Crippen molar-refractivity contribution in [3.8, 4) is 22.0 Å². The normalized spacial score (nSPS) is 13.0. The maximum atomic E-state index is 4.89. The van der Waals surface area contributed by atoms with Gasteiger partial charge in [0.1, 0.15) is 0 Å². The first-order chi connectivity index (χ1) is 16.1. The van der Waals surface area contributed by atoms with Crippen LogP contribution in [0.3, 0.4) is 0 Å².